The number of nitro groups is 1. The van der Waals surface area contributed by atoms with Gasteiger partial charge in [-0.25, -0.2) is 9.59 Å². The molecule has 19 heteroatoms. The minimum absolute atomic E-state index is 0.0294. The topological polar surface area (TPSA) is 287 Å². The van der Waals surface area contributed by atoms with E-state index in [-0.39, 0.29) is 30.7 Å². The van der Waals surface area contributed by atoms with Gasteiger partial charge in [0.25, 0.3) is 11.6 Å². The second-order valence-corrected chi connectivity index (χ2v) is 17.3. The van der Waals surface area contributed by atoms with Crippen LogP contribution in [0.1, 0.15) is 125 Å². The van der Waals surface area contributed by atoms with Crippen LogP contribution in [0.2, 0.25) is 0 Å². The number of nitrogens with one attached hydrogen (secondary N) is 4. The van der Waals surface area contributed by atoms with E-state index >= 15 is 0 Å². The van der Waals surface area contributed by atoms with Crippen molar-refractivity contribution < 1.29 is 53.1 Å². The number of ether oxygens (including phenoxy) is 1. The van der Waals surface area contributed by atoms with Crippen molar-refractivity contribution in [2.75, 3.05) is 7.11 Å². The number of non-ortho nitro benzene ring substituents is 1. The minimum atomic E-state index is -1.62. The van der Waals surface area contributed by atoms with E-state index in [1.54, 1.807) is 20.8 Å². The number of hydrogen-bond acceptors (Lipinski definition) is 11. The summed E-state index contributed by atoms with van der Waals surface area (Å²) in [6.45, 7) is 6.64. The summed E-state index contributed by atoms with van der Waals surface area (Å²) in [7, 11) is 1.18. The highest BCUT2D eigenvalue weighted by atomic mass is 16.6. The number of likely N-dealkylation sites (tertiary alicyclic amines) is 1. The molecule has 1 heterocycles. The quantitative estimate of drug-likeness (QED) is 0.0571. The van der Waals surface area contributed by atoms with Crippen LogP contribution < -0.4 is 27.0 Å². The summed E-state index contributed by atoms with van der Waals surface area (Å²) < 4.78 is 4.61. The van der Waals surface area contributed by atoms with Gasteiger partial charge in [0.15, 0.2) is 0 Å². The zero-order valence-corrected chi connectivity index (χ0v) is 35.4. The lowest BCUT2D eigenvalue weighted by Crippen LogP contribution is -2.62. The summed E-state index contributed by atoms with van der Waals surface area (Å²) in [6, 6.07) is -3.35. The molecule has 2 aliphatic carbocycles. The predicted octanol–water partition coefficient (Wildman–Crippen LogP) is 2.65. The number of rotatable bonds is 17. The third kappa shape index (κ3) is 12.3. The molecule has 19 nitrogen and oxygen atoms in total. The molecule has 0 bridgehead atoms. The molecule has 3 fully saturated rings. The van der Waals surface area contributed by atoms with Crippen LogP contribution in [0.4, 0.5) is 5.69 Å². The second-order valence-electron chi connectivity index (χ2n) is 17.3. The first-order chi connectivity index (χ1) is 28.7. The van der Waals surface area contributed by atoms with Crippen LogP contribution in [0.25, 0.3) is 0 Å². The molecular weight excluding hydrogens is 794 g/mol. The molecule has 0 spiro atoms. The summed E-state index contributed by atoms with van der Waals surface area (Å²) in [5, 5.41) is 31.9. The maximum absolute atomic E-state index is 14.9. The van der Waals surface area contributed by atoms with E-state index in [0.29, 0.717) is 12.8 Å². The lowest BCUT2D eigenvalue weighted by atomic mass is 9.83. The first kappa shape index (κ1) is 47.8. The molecule has 0 aromatic heterocycles. The Morgan fingerprint density at radius 2 is 1.59 bits per heavy atom. The molecule has 1 aromatic rings. The fourth-order valence-corrected chi connectivity index (χ4v) is 8.63. The molecule has 7 atom stereocenters. The standard InChI is InChI=1S/C42H59N7O12/c1-23(36(52)46-33(35(43)51)24-13-7-6-8-14-24)44-39(55)31-21-25-15-9-11-17-30(25)48(31)40(56)34(42(2,3)4)47-38(54)29(16-10-12-18-32(50)61-5)45-37(53)27-20-19-26(49(59)60)22-28(27)41(57)58/h12,18-20,22-25,29-31,33-34H,6-11,13-17,21H2,1-5H3,(H2,43,51)(H,44,55)(H,45,53)(H,46,52)(H,47,54)(H,57,58)/b18-12+/t23-,25?,29-,30?,31-,33-,34+/m0/s1. The van der Waals surface area contributed by atoms with Gasteiger partial charge >= 0.3 is 11.9 Å². The van der Waals surface area contributed by atoms with Crippen molar-refractivity contribution in [2.45, 2.75) is 141 Å². The summed E-state index contributed by atoms with van der Waals surface area (Å²) >= 11 is 0. The summed E-state index contributed by atoms with van der Waals surface area (Å²) in [6.07, 6.45) is 10.2. The van der Waals surface area contributed by atoms with Gasteiger partial charge in [0.2, 0.25) is 29.5 Å². The number of methoxy groups -OCH3 is 1. The molecule has 2 saturated carbocycles. The highest BCUT2D eigenvalue weighted by Gasteiger charge is 2.51. The average molecular weight is 854 g/mol. The number of primary amides is 1. The normalized spacial score (nSPS) is 21.2. The van der Waals surface area contributed by atoms with Gasteiger partial charge in [0.05, 0.1) is 23.2 Å². The van der Waals surface area contributed by atoms with E-state index in [1.807, 2.05) is 0 Å². The van der Waals surface area contributed by atoms with Crippen LogP contribution in [-0.4, -0.2) is 106 Å². The molecule has 1 aliphatic heterocycles. The van der Waals surface area contributed by atoms with E-state index in [4.69, 9.17) is 5.73 Å². The number of benzene rings is 1. The molecule has 2 unspecified atom stereocenters. The van der Waals surface area contributed by atoms with Crippen molar-refractivity contribution in [3.63, 3.8) is 0 Å². The molecule has 61 heavy (non-hydrogen) atoms. The van der Waals surface area contributed by atoms with Crippen LogP contribution >= 0.6 is 0 Å². The Hall–Kier alpha value is -5.88. The van der Waals surface area contributed by atoms with Gasteiger partial charge in [-0.15, -0.1) is 0 Å². The Morgan fingerprint density at radius 3 is 2.20 bits per heavy atom. The van der Waals surface area contributed by atoms with Crippen LogP contribution in [0.5, 0.6) is 0 Å². The number of carboxylic acids is 1. The minimum Gasteiger partial charge on any atom is -0.478 e. The van der Waals surface area contributed by atoms with Crippen molar-refractivity contribution in [2.24, 2.45) is 23.0 Å². The van der Waals surface area contributed by atoms with E-state index in [0.717, 1.165) is 75.6 Å². The van der Waals surface area contributed by atoms with Gasteiger partial charge < -0.3 is 41.7 Å². The van der Waals surface area contributed by atoms with Crippen LogP contribution in [0.3, 0.4) is 0 Å². The van der Waals surface area contributed by atoms with Crippen molar-refractivity contribution in [1.82, 2.24) is 26.2 Å². The summed E-state index contributed by atoms with van der Waals surface area (Å²) in [4.78, 5) is 118. The second kappa shape index (κ2) is 21.1. The highest BCUT2D eigenvalue weighted by Crippen LogP contribution is 2.41. The van der Waals surface area contributed by atoms with Gasteiger partial charge in [0, 0.05) is 24.3 Å². The number of hydrogen-bond donors (Lipinski definition) is 6. The summed E-state index contributed by atoms with van der Waals surface area (Å²) in [5.74, 6) is -6.67. The van der Waals surface area contributed by atoms with Crippen molar-refractivity contribution in [3.8, 4) is 0 Å². The number of carbonyl (C=O) groups excluding carboxylic acids is 7. The zero-order valence-electron chi connectivity index (χ0n) is 35.4. The van der Waals surface area contributed by atoms with Gasteiger partial charge in [-0.1, -0.05) is 59.0 Å². The first-order valence-corrected chi connectivity index (χ1v) is 20.8. The number of fused-ring (bicyclic) bond motifs is 1. The number of nitrogens with zero attached hydrogens (tertiary/aromatic N) is 2. The molecule has 3 aliphatic rings. The van der Waals surface area contributed by atoms with E-state index < -0.39 is 105 Å². The van der Waals surface area contributed by atoms with Gasteiger partial charge in [0.1, 0.15) is 30.2 Å². The fourth-order valence-electron chi connectivity index (χ4n) is 8.63. The number of esters is 1. The Morgan fingerprint density at radius 1 is 0.934 bits per heavy atom. The first-order valence-electron chi connectivity index (χ1n) is 20.8. The Bertz CT molecular complexity index is 1890. The third-order valence-corrected chi connectivity index (χ3v) is 11.9. The number of aromatic carboxylic acids is 1. The van der Waals surface area contributed by atoms with Crippen LogP contribution in [0, 0.1) is 27.4 Å². The lowest BCUT2D eigenvalue weighted by molar-refractivity contribution is -0.384. The maximum atomic E-state index is 14.9. The number of amides is 6. The fraction of sp³-hybridized carbons (Fsp3) is 0.619. The molecule has 7 N–H and O–H groups in total. The molecule has 334 valence electrons. The summed E-state index contributed by atoms with van der Waals surface area (Å²) in [5.41, 5.74) is 3.01. The third-order valence-electron chi connectivity index (χ3n) is 11.9. The number of carboxylic acid groups (broad SMARTS) is 1. The SMILES string of the molecule is COC(=O)/C=C/CC[C@H](NC(=O)c1ccc([N+](=O)[O-])cc1C(=O)O)C(=O)N[C@H](C(=O)N1C2CCCCC2C[C@H]1C(=O)N[C@@H](C)C(=O)N[C@H](C(N)=O)C1CCCCC1)C(C)(C)C. The average Bonchev–Trinajstić information content (AvgIpc) is 3.61. The van der Waals surface area contributed by atoms with E-state index in [9.17, 15) is 53.6 Å². The van der Waals surface area contributed by atoms with Crippen LogP contribution in [0.15, 0.2) is 30.4 Å². The monoisotopic (exact) mass is 853 g/mol. The maximum Gasteiger partial charge on any atom is 0.336 e. The Kier molecular flexibility index (Phi) is 16.5. The number of nitrogens with two attached hydrogens (primary N) is 1. The van der Waals surface area contributed by atoms with E-state index in [2.05, 4.69) is 26.0 Å². The van der Waals surface area contributed by atoms with E-state index in [1.165, 1.54) is 25.0 Å². The Balaban J connectivity index is 1.59. The zero-order chi connectivity index (χ0) is 45.2. The van der Waals surface area contributed by atoms with Crippen LogP contribution in [-0.2, 0) is 33.5 Å². The van der Waals surface area contributed by atoms with Gasteiger partial charge in [-0.2, -0.15) is 0 Å². The molecular formula is C42H59N7O12. The lowest BCUT2D eigenvalue weighted by Gasteiger charge is -2.40. The molecule has 1 aromatic carbocycles. The molecule has 4 rings (SSSR count). The largest absolute Gasteiger partial charge is 0.478 e. The number of nitro benzene ring substituents is 1. The predicted molar refractivity (Wildman–Crippen MR) is 219 cm³/mol. The molecule has 6 amide bonds. The van der Waals surface area contributed by atoms with Crippen molar-refractivity contribution in [1.29, 1.82) is 0 Å². The van der Waals surface area contributed by atoms with Crippen molar-refractivity contribution in [3.05, 3.63) is 51.6 Å². The van der Waals surface area contributed by atoms with Gasteiger partial charge in [-0.05, 0) is 75.2 Å². The smallest absolute Gasteiger partial charge is 0.336 e. The van der Waals surface area contributed by atoms with Crippen molar-refractivity contribution >= 4 is 53.1 Å². The Labute approximate surface area is 354 Å². The number of carbonyl (C=O) groups is 8. The highest BCUT2D eigenvalue weighted by molar-refractivity contribution is 6.06. The number of allylic oxidation sites excluding steroid dienone is 1. The molecule has 1 saturated heterocycles. The molecule has 0 radical (unpaired) electrons. The van der Waals surface area contributed by atoms with Gasteiger partial charge in [-0.3, -0.25) is 38.9 Å².